The summed E-state index contributed by atoms with van der Waals surface area (Å²) >= 11 is 5.19. The summed E-state index contributed by atoms with van der Waals surface area (Å²) in [4.78, 5) is 2.36. The number of nitrogens with two attached hydrogens (primary N) is 1. The van der Waals surface area contributed by atoms with E-state index in [9.17, 15) is 0 Å². The molecule has 80 valence electrons. The van der Waals surface area contributed by atoms with Crippen LogP contribution in [0.15, 0.2) is 27.3 Å². The molecule has 0 saturated heterocycles. The Morgan fingerprint density at radius 2 is 2.20 bits per heavy atom. The summed E-state index contributed by atoms with van der Waals surface area (Å²) in [6.07, 6.45) is 1.68. The molecule has 1 atom stereocenters. The minimum atomic E-state index is -0.157. The van der Waals surface area contributed by atoms with Crippen LogP contribution in [0.2, 0.25) is 0 Å². The van der Waals surface area contributed by atoms with Gasteiger partial charge < -0.3 is 10.2 Å². The van der Waals surface area contributed by atoms with Gasteiger partial charge in [0, 0.05) is 14.2 Å². The Hall–Kier alpha value is -0.580. The lowest BCUT2D eigenvalue weighted by Gasteiger charge is -2.06. The van der Waals surface area contributed by atoms with Crippen LogP contribution in [0.3, 0.4) is 0 Å². The van der Waals surface area contributed by atoms with E-state index in [1.54, 1.807) is 17.6 Å². The van der Waals surface area contributed by atoms with Crippen LogP contribution in [0.25, 0.3) is 0 Å². The molecule has 0 spiro atoms. The first-order chi connectivity index (χ1) is 7.09. The summed E-state index contributed by atoms with van der Waals surface area (Å²) in [5, 5.41) is 0. The largest absolute Gasteiger partial charge is 0.467 e. The SMILES string of the molecule is Cc1ccoc1C(N)c1cc(Br)c(C)s1. The van der Waals surface area contributed by atoms with Crippen LogP contribution in [-0.2, 0) is 0 Å². The van der Waals surface area contributed by atoms with Crippen molar-refractivity contribution in [2.75, 3.05) is 0 Å². The topological polar surface area (TPSA) is 39.2 Å². The van der Waals surface area contributed by atoms with Crippen molar-refractivity contribution >= 4 is 27.3 Å². The van der Waals surface area contributed by atoms with Crippen molar-refractivity contribution in [2.24, 2.45) is 5.73 Å². The molecular weight excluding hydrogens is 274 g/mol. The Morgan fingerprint density at radius 1 is 1.47 bits per heavy atom. The summed E-state index contributed by atoms with van der Waals surface area (Å²) in [6.45, 7) is 4.08. The quantitative estimate of drug-likeness (QED) is 0.912. The van der Waals surface area contributed by atoms with Crippen LogP contribution in [0.4, 0.5) is 0 Å². The van der Waals surface area contributed by atoms with Crippen LogP contribution >= 0.6 is 27.3 Å². The third kappa shape index (κ3) is 2.02. The molecule has 2 heterocycles. The second-order valence-corrected chi connectivity index (χ2v) is 5.64. The highest BCUT2D eigenvalue weighted by molar-refractivity contribution is 9.10. The van der Waals surface area contributed by atoms with Crippen molar-refractivity contribution in [3.63, 3.8) is 0 Å². The van der Waals surface area contributed by atoms with Crippen molar-refractivity contribution in [3.05, 3.63) is 43.9 Å². The maximum atomic E-state index is 6.14. The molecule has 1 unspecified atom stereocenters. The van der Waals surface area contributed by atoms with Crippen molar-refractivity contribution in [2.45, 2.75) is 19.9 Å². The van der Waals surface area contributed by atoms with Gasteiger partial charge >= 0.3 is 0 Å². The molecular formula is C11H12BrNOS. The van der Waals surface area contributed by atoms with E-state index in [-0.39, 0.29) is 6.04 Å². The van der Waals surface area contributed by atoms with Gasteiger partial charge in [0.05, 0.1) is 12.3 Å². The van der Waals surface area contributed by atoms with Gasteiger partial charge in [0.2, 0.25) is 0 Å². The van der Waals surface area contributed by atoms with Crippen LogP contribution in [0, 0.1) is 13.8 Å². The molecule has 2 nitrogen and oxygen atoms in total. The second-order valence-electron chi connectivity index (χ2n) is 3.50. The predicted molar refractivity (Wildman–Crippen MR) is 66.2 cm³/mol. The summed E-state index contributed by atoms with van der Waals surface area (Å²) in [5.41, 5.74) is 7.24. The average Bonchev–Trinajstić information content (AvgIpc) is 2.74. The fourth-order valence-electron chi connectivity index (χ4n) is 1.47. The highest BCUT2D eigenvalue weighted by Gasteiger charge is 2.17. The van der Waals surface area contributed by atoms with E-state index in [0.717, 1.165) is 20.7 Å². The van der Waals surface area contributed by atoms with Crippen LogP contribution in [0.1, 0.15) is 27.1 Å². The molecule has 0 aromatic carbocycles. The first-order valence-electron chi connectivity index (χ1n) is 4.65. The molecule has 0 radical (unpaired) electrons. The van der Waals surface area contributed by atoms with Gasteiger partial charge in [0.25, 0.3) is 0 Å². The molecule has 0 fully saturated rings. The monoisotopic (exact) mass is 285 g/mol. The van der Waals surface area contributed by atoms with Crippen molar-refractivity contribution in [1.29, 1.82) is 0 Å². The Kier molecular flexibility index (Phi) is 3.00. The zero-order valence-corrected chi connectivity index (χ0v) is 11.0. The average molecular weight is 286 g/mol. The highest BCUT2D eigenvalue weighted by Crippen LogP contribution is 2.33. The van der Waals surface area contributed by atoms with Crippen LogP contribution in [-0.4, -0.2) is 0 Å². The molecule has 2 rings (SSSR count). The van der Waals surface area contributed by atoms with Crippen molar-refractivity contribution in [3.8, 4) is 0 Å². The standard InChI is InChI=1S/C11H12BrNOS/c1-6-3-4-14-11(6)10(13)9-5-8(12)7(2)15-9/h3-5,10H,13H2,1-2H3. The van der Waals surface area contributed by atoms with Gasteiger partial charge in [-0.1, -0.05) is 0 Å². The van der Waals surface area contributed by atoms with Gasteiger partial charge in [0.15, 0.2) is 0 Å². The molecule has 0 aliphatic carbocycles. The second kappa shape index (κ2) is 4.12. The summed E-state index contributed by atoms with van der Waals surface area (Å²) in [7, 11) is 0. The molecule has 0 amide bonds. The molecule has 15 heavy (non-hydrogen) atoms. The first-order valence-corrected chi connectivity index (χ1v) is 6.26. The van der Waals surface area contributed by atoms with Gasteiger partial charge in [-0.25, -0.2) is 0 Å². The smallest absolute Gasteiger partial charge is 0.128 e. The minimum Gasteiger partial charge on any atom is -0.467 e. The number of aryl methyl sites for hydroxylation is 2. The lowest BCUT2D eigenvalue weighted by Crippen LogP contribution is -2.10. The Labute approximate surface area is 101 Å². The number of halogens is 1. The molecule has 2 aromatic rings. The van der Waals surface area contributed by atoms with E-state index >= 15 is 0 Å². The Bertz CT molecular complexity index is 455. The predicted octanol–water partition coefficient (Wildman–Crippen LogP) is 3.77. The van der Waals surface area contributed by atoms with E-state index in [2.05, 4.69) is 28.9 Å². The Balaban J connectivity index is 2.36. The van der Waals surface area contributed by atoms with Crippen LogP contribution < -0.4 is 5.73 Å². The third-order valence-corrected chi connectivity index (χ3v) is 4.59. The van der Waals surface area contributed by atoms with Crippen LogP contribution in [0.5, 0.6) is 0 Å². The molecule has 2 N–H and O–H groups in total. The van der Waals surface area contributed by atoms with Crippen molar-refractivity contribution < 1.29 is 4.42 Å². The number of thiophene rings is 1. The zero-order valence-electron chi connectivity index (χ0n) is 8.58. The molecule has 0 aliphatic rings. The minimum absolute atomic E-state index is 0.157. The maximum absolute atomic E-state index is 6.14. The fourth-order valence-corrected chi connectivity index (χ4v) is 3.03. The summed E-state index contributed by atoms with van der Waals surface area (Å²) < 4.78 is 6.51. The first kappa shape index (κ1) is 10.9. The van der Waals surface area contributed by atoms with E-state index < -0.39 is 0 Å². The molecule has 2 aromatic heterocycles. The highest BCUT2D eigenvalue weighted by atomic mass is 79.9. The number of hydrogen-bond donors (Lipinski definition) is 1. The normalized spacial score (nSPS) is 13.1. The zero-order chi connectivity index (χ0) is 11.0. The van der Waals surface area contributed by atoms with Crippen molar-refractivity contribution in [1.82, 2.24) is 0 Å². The lowest BCUT2D eigenvalue weighted by molar-refractivity contribution is 0.489. The fraction of sp³-hybridized carbons (Fsp3) is 0.273. The van der Waals surface area contributed by atoms with Gasteiger partial charge in [-0.05, 0) is 47.5 Å². The maximum Gasteiger partial charge on any atom is 0.128 e. The lowest BCUT2D eigenvalue weighted by atomic mass is 10.1. The molecule has 0 aliphatic heterocycles. The summed E-state index contributed by atoms with van der Waals surface area (Å²) in [5.74, 6) is 0.851. The number of rotatable bonds is 2. The van der Waals surface area contributed by atoms with E-state index in [4.69, 9.17) is 10.2 Å². The van der Waals surface area contributed by atoms with Gasteiger partial charge in [0.1, 0.15) is 5.76 Å². The van der Waals surface area contributed by atoms with E-state index in [1.807, 2.05) is 13.0 Å². The number of hydrogen-bond acceptors (Lipinski definition) is 3. The van der Waals surface area contributed by atoms with E-state index in [1.165, 1.54) is 4.88 Å². The Morgan fingerprint density at radius 3 is 2.67 bits per heavy atom. The van der Waals surface area contributed by atoms with Gasteiger partial charge in [-0.3, -0.25) is 0 Å². The van der Waals surface area contributed by atoms with Gasteiger partial charge in [-0.15, -0.1) is 11.3 Å². The number of furan rings is 1. The van der Waals surface area contributed by atoms with E-state index in [0.29, 0.717) is 0 Å². The molecule has 4 heteroatoms. The molecule has 0 saturated carbocycles. The van der Waals surface area contributed by atoms with Gasteiger partial charge in [-0.2, -0.15) is 0 Å². The summed E-state index contributed by atoms with van der Waals surface area (Å²) in [6, 6.07) is 3.84. The third-order valence-electron chi connectivity index (χ3n) is 2.37. The molecule has 0 bridgehead atoms.